The van der Waals surface area contributed by atoms with Crippen molar-refractivity contribution in [2.24, 2.45) is 5.41 Å². The van der Waals surface area contributed by atoms with Crippen molar-refractivity contribution in [2.45, 2.75) is 45.2 Å². The molecule has 0 aliphatic carbocycles. The summed E-state index contributed by atoms with van der Waals surface area (Å²) in [5, 5.41) is 3.36. The normalized spacial score (nSPS) is 20.4. The minimum absolute atomic E-state index is 0.244. The molecule has 0 atom stereocenters. The monoisotopic (exact) mass is 392 g/mol. The fourth-order valence-corrected chi connectivity index (χ4v) is 4.43. The lowest BCUT2D eigenvalue weighted by atomic mass is 9.79. The highest BCUT2D eigenvalue weighted by molar-refractivity contribution is 5.82. The van der Waals surface area contributed by atoms with Crippen molar-refractivity contribution in [3.8, 4) is 0 Å². The van der Waals surface area contributed by atoms with Crippen molar-refractivity contribution >= 4 is 11.7 Å². The Hall–Kier alpha value is -2.40. The molecule has 0 unspecified atom stereocenters. The lowest BCUT2D eigenvalue weighted by molar-refractivity contribution is -0.133. The number of anilines is 1. The van der Waals surface area contributed by atoms with Gasteiger partial charge in [-0.25, -0.2) is 4.98 Å². The highest BCUT2D eigenvalue weighted by Crippen LogP contribution is 2.32. The molecule has 2 aliphatic heterocycles. The summed E-state index contributed by atoms with van der Waals surface area (Å²) in [4.78, 5) is 22.3. The molecule has 0 radical (unpaired) electrons. The fourth-order valence-electron chi connectivity index (χ4n) is 4.43. The summed E-state index contributed by atoms with van der Waals surface area (Å²) in [5.41, 5.74) is 1.10. The molecule has 3 heterocycles. The van der Waals surface area contributed by atoms with E-state index in [1.54, 1.807) is 0 Å². The van der Waals surface area contributed by atoms with Crippen molar-refractivity contribution in [3.63, 3.8) is 0 Å². The number of hydrogen-bond acceptors (Lipinski definition) is 4. The molecule has 2 fully saturated rings. The third-order valence-electron chi connectivity index (χ3n) is 6.56. The molecule has 0 spiro atoms. The van der Waals surface area contributed by atoms with E-state index in [4.69, 9.17) is 0 Å². The fraction of sp³-hybridized carbons (Fsp3) is 0.500. The van der Waals surface area contributed by atoms with Crippen LogP contribution < -0.4 is 10.2 Å². The van der Waals surface area contributed by atoms with Gasteiger partial charge in [-0.3, -0.25) is 9.69 Å². The van der Waals surface area contributed by atoms with Crippen LogP contribution in [0.5, 0.6) is 0 Å². The highest BCUT2D eigenvalue weighted by Gasteiger charge is 2.38. The predicted octanol–water partition coefficient (Wildman–Crippen LogP) is 3.47. The van der Waals surface area contributed by atoms with Crippen molar-refractivity contribution in [1.29, 1.82) is 0 Å². The number of benzene rings is 1. The van der Waals surface area contributed by atoms with Gasteiger partial charge in [0, 0.05) is 37.3 Å². The molecule has 154 valence electrons. The van der Waals surface area contributed by atoms with Gasteiger partial charge in [0.15, 0.2) is 0 Å². The maximum absolute atomic E-state index is 13.0. The Morgan fingerprint density at radius 2 is 1.72 bits per heavy atom. The van der Waals surface area contributed by atoms with E-state index in [0.717, 1.165) is 64.2 Å². The summed E-state index contributed by atoms with van der Waals surface area (Å²) in [6.07, 6.45) is 5.67. The summed E-state index contributed by atoms with van der Waals surface area (Å²) in [5.74, 6) is 1.28. The average molecular weight is 393 g/mol. The van der Waals surface area contributed by atoms with Gasteiger partial charge in [0.25, 0.3) is 0 Å². The molecule has 2 aliphatic rings. The summed E-state index contributed by atoms with van der Waals surface area (Å²) < 4.78 is 0. The van der Waals surface area contributed by atoms with Crippen LogP contribution >= 0.6 is 0 Å². The average Bonchev–Trinajstić information content (AvgIpc) is 2.77. The van der Waals surface area contributed by atoms with Gasteiger partial charge in [-0.15, -0.1) is 0 Å². The van der Waals surface area contributed by atoms with Gasteiger partial charge in [0.2, 0.25) is 5.91 Å². The Morgan fingerprint density at radius 1 is 1.03 bits per heavy atom. The number of likely N-dealkylation sites (tertiary alicyclic amines) is 1. The third-order valence-corrected chi connectivity index (χ3v) is 6.56. The van der Waals surface area contributed by atoms with Gasteiger partial charge in [0.05, 0.1) is 0 Å². The van der Waals surface area contributed by atoms with Crippen LogP contribution in [0.25, 0.3) is 0 Å². The van der Waals surface area contributed by atoms with Gasteiger partial charge in [-0.1, -0.05) is 43.3 Å². The van der Waals surface area contributed by atoms with Gasteiger partial charge in [-0.05, 0) is 56.5 Å². The summed E-state index contributed by atoms with van der Waals surface area (Å²) >= 11 is 0. The molecule has 29 heavy (non-hydrogen) atoms. The van der Waals surface area contributed by atoms with E-state index in [1.807, 2.05) is 18.3 Å². The van der Waals surface area contributed by atoms with Gasteiger partial charge < -0.3 is 10.2 Å². The second kappa shape index (κ2) is 8.95. The summed E-state index contributed by atoms with van der Waals surface area (Å²) in [7, 11) is 0. The number of rotatable bonds is 5. The van der Waals surface area contributed by atoms with Crippen LogP contribution in [-0.2, 0) is 11.3 Å². The number of amides is 1. The molecule has 2 saturated heterocycles. The van der Waals surface area contributed by atoms with E-state index in [1.165, 1.54) is 5.56 Å². The number of hydrogen-bond donors (Lipinski definition) is 1. The molecular formula is C24H32N4O. The minimum atomic E-state index is -0.245. The standard InChI is InChI=1S/C24H32N4O/c1-24(12-17-27(18-13-24)19-20-7-3-2-4-8-20)23(29)26-21-10-15-28(16-11-21)22-9-5-6-14-25-22/h2-9,14,21H,10-13,15-19H2,1H3,(H,26,29). The van der Waals surface area contributed by atoms with E-state index in [2.05, 4.69) is 63.4 Å². The quantitative estimate of drug-likeness (QED) is 0.846. The molecule has 5 heteroatoms. The number of carbonyl (C=O) groups is 1. The van der Waals surface area contributed by atoms with Crippen molar-refractivity contribution in [2.75, 3.05) is 31.1 Å². The van der Waals surface area contributed by atoms with Gasteiger partial charge in [-0.2, -0.15) is 0 Å². The Balaban J connectivity index is 1.24. The molecule has 1 amide bonds. The van der Waals surface area contributed by atoms with Crippen LogP contribution in [0.4, 0.5) is 5.82 Å². The van der Waals surface area contributed by atoms with Crippen LogP contribution in [0.3, 0.4) is 0 Å². The van der Waals surface area contributed by atoms with E-state index >= 15 is 0 Å². The van der Waals surface area contributed by atoms with Crippen molar-refractivity contribution in [3.05, 3.63) is 60.3 Å². The lowest BCUT2D eigenvalue weighted by Crippen LogP contribution is -2.52. The molecule has 4 rings (SSSR count). The van der Waals surface area contributed by atoms with Crippen LogP contribution in [0.2, 0.25) is 0 Å². The number of carbonyl (C=O) groups excluding carboxylic acids is 1. The van der Waals surface area contributed by atoms with E-state index in [0.29, 0.717) is 0 Å². The van der Waals surface area contributed by atoms with E-state index < -0.39 is 0 Å². The van der Waals surface area contributed by atoms with E-state index in [-0.39, 0.29) is 17.4 Å². The molecule has 1 aromatic heterocycles. The maximum Gasteiger partial charge on any atom is 0.226 e. The number of nitrogens with zero attached hydrogens (tertiary/aromatic N) is 3. The Bertz CT molecular complexity index is 779. The van der Waals surface area contributed by atoms with E-state index in [9.17, 15) is 4.79 Å². The third kappa shape index (κ3) is 4.96. The first-order chi connectivity index (χ1) is 14.1. The minimum Gasteiger partial charge on any atom is -0.356 e. The van der Waals surface area contributed by atoms with Gasteiger partial charge >= 0.3 is 0 Å². The first kappa shape index (κ1) is 19.9. The van der Waals surface area contributed by atoms with Crippen LogP contribution in [0.1, 0.15) is 38.2 Å². The van der Waals surface area contributed by atoms with Crippen molar-refractivity contribution < 1.29 is 4.79 Å². The SMILES string of the molecule is CC1(C(=O)NC2CCN(c3ccccn3)CC2)CCN(Cc2ccccc2)CC1. The summed E-state index contributed by atoms with van der Waals surface area (Å²) in [6.45, 7) is 6.98. The largest absolute Gasteiger partial charge is 0.356 e. The predicted molar refractivity (Wildman–Crippen MR) is 117 cm³/mol. The highest BCUT2D eigenvalue weighted by atomic mass is 16.2. The smallest absolute Gasteiger partial charge is 0.226 e. The topological polar surface area (TPSA) is 48.5 Å². The van der Waals surface area contributed by atoms with Gasteiger partial charge in [0.1, 0.15) is 5.82 Å². The van der Waals surface area contributed by atoms with Crippen LogP contribution in [-0.4, -0.2) is 48.0 Å². The molecule has 0 saturated carbocycles. The van der Waals surface area contributed by atoms with Crippen molar-refractivity contribution in [1.82, 2.24) is 15.2 Å². The van der Waals surface area contributed by atoms with Crippen LogP contribution in [0.15, 0.2) is 54.7 Å². The molecular weight excluding hydrogens is 360 g/mol. The molecule has 0 bridgehead atoms. The maximum atomic E-state index is 13.0. The number of pyridine rings is 1. The molecule has 1 aromatic carbocycles. The molecule has 5 nitrogen and oxygen atoms in total. The second-order valence-corrected chi connectivity index (χ2v) is 8.75. The summed E-state index contributed by atoms with van der Waals surface area (Å²) in [6, 6.07) is 16.9. The number of nitrogens with one attached hydrogen (secondary N) is 1. The zero-order chi connectivity index (χ0) is 20.1. The zero-order valence-electron chi connectivity index (χ0n) is 17.4. The molecule has 1 N–H and O–H groups in total. The Kier molecular flexibility index (Phi) is 6.14. The number of aromatic nitrogens is 1. The zero-order valence-corrected chi connectivity index (χ0v) is 17.4. The second-order valence-electron chi connectivity index (χ2n) is 8.75. The van der Waals surface area contributed by atoms with Crippen LogP contribution in [0, 0.1) is 5.41 Å². The first-order valence-corrected chi connectivity index (χ1v) is 10.9. The Labute approximate surface area is 174 Å². The molecule has 2 aromatic rings. The Morgan fingerprint density at radius 3 is 2.38 bits per heavy atom. The first-order valence-electron chi connectivity index (χ1n) is 10.9. The lowest BCUT2D eigenvalue weighted by Gasteiger charge is -2.40. The number of piperidine rings is 2.